The highest BCUT2D eigenvalue weighted by Gasteiger charge is 2.45. The molecule has 4 rings (SSSR count). The van der Waals surface area contributed by atoms with Crippen molar-refractivity contribution < 1.29 is 23.0 Å². The highest BCUT2D eigenvalue weighted by atomic mass is 19.3. The van der Waals surface area contributed by atoms with E-state index in [0.717, 1.165) is 18.4 Å². The van der Waals surface area contributed by atoms with Gasteiger partial charge in [0.1, 0.15) is 0 Å². The number of hydrogen-bond acceptors (Lipinski definition) is 3. The van der Waals surface area contributed by atoms with Crippen LogP contribution in [0.15, 0.2) is 54.6 Å². The highest BCUT2D eigenvalue weighted by Crippen LogP contribution is 2.44. The molecular weight excluding hydrogens is 400 g/mol. The quantitative estimate of drug-likeness (QED) is 0.625. The Kier molecular flexibility index (Phi) is 6.68. The van der Waals surface area contributed by atoms with Gasteiger partial charge in [0.25, 0.3) is 12.3 Å². The summed E-state index contributed by atoms with van der Waals surface area (Å²) < 4.78 is 39.4. The number of halogens is 2. The first-order valence-corrected chi connectivity index (χ1v) is 11.0. The lowest BCUT2D eigenvalue weighted by molar-refractivity contribution is -0.190. The van der Waals surface area contributed by atoms with Crippen molar-refractivity contribution in [2.45, 2.75) is 56.8 Å². The second-order valence-electron chi connectivity index (χ2n) is 8.40. The van der Waals surface area contributed by atoms with Gasteiger partial charge in [-0.2, -0.15) is 0 Å². The topological polar surface area (TPSA) is 38.8 Å². The number of amides is 1. The van der Waals surface area contributed by atoms with Crippen molar-refractivity contribution >= 4 is 5.91 Å². The van der Waals surface area contributed by atoms with Crippen molar-refractivity contribution in [1.29, 1.82) is 0 Å². The van der Waals surface area contributed by atoms with Crippen LogP contribution in [0.3, 0.4) is 0 Å². The molecule has 0 bridgehead atoms. The minimum Gasteiger partial charge on any atom is -0.378 e. The van der Waals surface area contributed by atoms with Crippen LogP contribution in [0.25, 0.3) is 0 Å². The number of benzene rings is 2. The summed E-state index contributed by atoms with van der Waals surface area (Å²) in [6.07, 6.45) is 0.324. The van der Waals surface area contributed by atoms with Gasteiger partial charge in [0, 0.05) is 43.7 Å². The number of carbonyl (C=O) groups excluding carboxylic acids is 1. The molecule has 4 nitrogen and oxygen atoms in total. The minimum absolute atomic E-state index is 0.0479. The van der Waals surface area contributed by atoms with Gasteiger partial charge in [-0.15, -0.1) is 0 Å². The summed E-state index contributed by atoms with van der Waals surface area (Å²) in [6.45, 7) is 3.62. The zero-order valence-corrected chi connectivity index (χ0v) is 17.8. The maximum Gasteiger partial charge on any atom is 0.264 e. The molecule has 166 valence electrons. The molecule has 0 aromatic heterocycles. The second-order valence-corrected chi connectivity index (χ2v) is 8.40. The predicted octanol–water partition coefficient (Wildman–Crippen LogP) is 5.56. The maximum absolute atomic E-state index is 13.4. The molecule has 31 heavy (non-hydrogen) atoms. The molecule has 2 heterocycles. The van der Waals surface area contributed by atoms with Crippen molar-refractivity contribution in [1.82, 2.24) is 4.90 Å². The molecule has 1 spiro atoms. The summed E-state index contributed by atoms with van der Waals surface area (Å²) >= 11 is 0. The molecule has 2 atom stereocenters. The minimum atomic E-state index is -2.67. The molecule has 1 amide bonds. The van der Waals surface area contributed by atoms with Crippen molar-refractivity contribution in [3.8, 4) is 0 Å². The third kappa shape index (κ3) is 4.80. The van der Waals surface area contributed by atoms with Crippen molar-refractivity contribution in [2.75, 3.05) is 19.7 Å². The lowest BCUT2D eigenvalue weighted by Gasteiger charge is -2.49. The Morgan fingerprint density at radius 3 is 2.48 bits per heavy atom. The van der Waals surface area contributed by atoms with Crippen LogP contribution in [0, 0.1) is 0 Å². The number of likely N-dealkylation sites (tertiary alicyclic amines) is 1. The smallest absolute Gasteiger partial charge is 0.264 e. The molecule has 0 unspecified atom stereocenters. The number of ether oxygens (including phenoxy) is 2. The van der Waals surface area contributed by atoms with Crippen LogP contribution in [-0.4, -0.2) is 42.2 Å². The Morgan fingerprint density at radius 2 is 1.81 bits per heavy atom. The standard InChI is InChI=1S/C25H29F2NO3/c1-2-30-19-16-22(18-8-4-3-5-9-18)31-25(17-19)12-14-28(15-13-25)24(29)21-11-7-6-10-20(21)23(26)27/h3-11,19,22-23H,2,12-17H2,1H3/t19-,22-/m0/s1. The SMILES string of the molecule is CCO[C@H]1C[C@@H](c2ccccc2)OC2(CCN(C(=O)c3ccccc3C(F)F)CC2)C1. The fourth-order valence-electron chi connectivity index (χ4n) is 4.86. The number of carbonyl (C=O) groups is 1. The summed E-state index contributed by atoms with van der Waals surface area (Å²) in [5.74, 6) is -0.331. The van der Waals surface area contributed by atoms with E-state index in [-0.39, 0.29) is 34.8 Å². The highest BCUT2D eigenvalue weighted by molar-refractivity contribution is 5.95. The lowest BCUT2D eigenvalue weighted by atomic mass is 9.80. The van der Waals surface area contributed by atoms with Gasteiger partial charge >= 0.3 is 0 Å². The number of alkyl halides is 2. The van der Waals surface area contributed by atoms with E-state index in [4.69, 9.17) is 9.47 Å². The number of hydrogen-bond donors (Lipinski definition) is 0. The van der Waals surface area contributed by atoms with Crippen LogP contribution in [0.2, 0.25) is 0 Å². The van der Waals surface area contributed by atoms with Crippen LogP contribution < -0.4 is 0 Å². The fourth-order valence-corrected chi connectivity index (χ4v) is 4.86. The maximum atomic E-state index is 13.4. The van der Waals surface area contributed by atoms with Gasteiger partial charge in [-0.05, 0) is 31.4 Å². The van der Waals surface area contributed by atoms with E-state index in [2.05, 4.69) is 12.1 Å². The molecule has 6 heteroatoms. The van der Waals surface area contributed by atoms with Gasteiger partial charge in [0.15, 0.2) is 0 Å². The molecule has 2 aromatic carbocycles. The molecule has 2 aliphatic heterocycles. The van der Waals surface area contributed by atoms with Gasteiger partial charge in [-0.3, -0.25) is 4.79 Å². The molecule has 2 aliphatic rings. The van der Waals surface area contributed by atoms with E-state index in [1.165, 1.54) is 18.2 Å². The third-order valence-corrected chi connectivity index (χ3v) is 6.43. The van der Waals surface area contributed by atoms with Gasteiger partial charge < -0.3 is 14.4 Å². The monoisotopic (exact) mass is 429 g/mol. The predicted molar refractivity (Wildman–Crippen MR) is 114 cm³/mol. The summed E-state index contributed by atoms with van der Waals surface area (Å²) in [5.41, 5.74) is 0.655. The Labute approximate surface area is 182 Å². The summed E-state index contributed by atoms with van der Waals surface area (Å²) in [7, 11) is 0. The summed E-state index contributed by atoms with van der Waals surface area (Å²) in [5, 5.41) is 0. The lowest BCUT2D eigenvalue weighted by Crippen LogP contribution is -2.52. The fraction of sp³-hybridized carbons (Fsp3) is 0.480. The zero-order chi connectivity index (χ0) is 21.8. The molecule has 2 aromatic rings. The normalized spacial score (nSPS) is 23.3. The zero-order valence-electron chi connectivity index (χ0n) is 17.8. The molecule has 0 radical (unpaired) electrons. The Balaban J connectivity index is 1.48. The first-order valence-electron chi connectivity index (χ1n) is 11.0. The largest absolute Gasteiger partial charge is 0.378 e. The average molecular weight is 430 g/mol. The molecule has 2 saturated heterocycles. The molecule has 0 aliphatic carbocycles. The van der Waals surface area contributed by atoms with Crippen LogP contribution in [-0.2, 0) is 9.47 Å². The second kappa shape index (κ2) is 9.45. The van der Waals surface area contributed by atoms with Gasteiger partial charge in [0.2, 0.25) is 0 Å². The van der Waals surface area contributed by atoms with Crippen molar-refractivity contribution in [2.24, 2.45) is 0 Å². The van der Waals surface area contributed by atoms with Crippen LogP contribution in [0.5, 0.6) is 0 Å². The number of rotatable bonds is 5. The molecule has 2 fully saturated rings. The molecule has 0 saturated carbocycles. The molecular formula is C25H29F2NO3. The van der Waals surface area contributed by atoms with E-state index in [9.17, 15) is 13.6 Å². The van der Waals surface area contributed by atoms with Crippen molar-refractivity contribution in [3.05, 3.63) is 71.3 Å². The van der Waals surface area contributed by atoms with Gasteiger partial charge in [-0.1, -0.05) is 48.5 Å². The Bertz CT molecular complexity index is 881. The summed E-state index contributed by atoms with van der Waals surface area (Å²) in [4.78, 5) is 14.7. The van der Waals surface area contributed by atoms with Gasteiger partial charge in [0.05, 0.1) is 17.8 Å². The average Bonchev–Trinajstić information content (AvgIpc) is 2.80. The third-order valence-electron chi connectivity index (χ3n) is 6.43. The molecule has 0 N–H and O–H groups in total. The van der Waals surface area contributed by atoms with Gasteiger partial charge in [-0.25, -0.2) is 8.78 Å². The number of piperidine rings is 1. The van der Waals surface area contributed by atoms with E-state index < -0.39 is 6.43 Å². The van der Waals surface area contributed by atoms with Crippen molar-refractivity contribution in [3.63, 3.8) is 0 Å². The first-order chi connectivity index (χ1) is 15.0. The van der Waals surface area contributed by atoms with Crippen LogP contribution in [0.1, 0.15) is 66.6 Å². The van der Waals surface area contributed by atoms with E-state index in [1.54, 1.807) is 11.0 Å². The van der Waals surface area contributed by atoms with Crippen LogP contribution in [0.4, 0.5) is 8.78 Å². The Morgan fingerprint density at radius 1 is 1.13 bits per heavy atom. The Hall–Kier alpha value is -2.31. The first kappa shape index (κ1) is 21.9. The van der Waals surface area contributed by atoms with E-state index >= 15 is 0 Å². The number of nitrogens with zero attached hydrogens (tertiary/aromatic N) is 1. The van der Waals surface area contributed by atoms with E-state index in [1.807, 2.05) is 25.1 Å². The van der Waals surface area contributed by atoms with Crippen LogP contribution >= 0.6 is 0 Å². The summed E-state index contributed by atoms with van der Waals surface area (Å²) in [6, 6.07) is 16.1. The van der Waals surface area contributed by atoms with E-state index in [0.29, 0.717) is 32.5 Å².